The molecule has 1 atom stereocenters. The van der Waals surface area contributed by atoms with Crippen molar-refractivity contribution in [1.82, 2.24) is 9.97 Å². The van der Waals surface area contributed by atoms with Crippen molar-refractivity contribution in [3.05, 3.63) is 64.2 Å². The van der Waals surface area contributed by atoms with Crippen LogP contribution in [0.2, 0.25) is 0 Å². The summed E-state index contributed by atoms with van der Waals surface area (Å²) in [5, 5.41) is 20.3. The number of aliphatic hydroxyl groups is 1. The minimum absolute atomic E-state index is 0.0782. The third-order valence-corrected chi connectivity index (χ3v) is 7.57. The zero-order valence-corrected chi connectivity index (χ0v) is 20.1. The Balaban J connectivity index is 1.57. The number of esters is 1. The summed E-state index contributed by atoms with van der Waals surface area (Å²) in [5.41, 5.74) is 1.28. The third kappa shape index (κ3) is 4.59. The number of aliphatic hydroxyl groups excluding tert-OH is 1. The van der Waals surface area contributed by atoms with Gasteiger partial charge in [0, 0.05) is 24.1 Å². The Bertz CT molecular complexity index is 1150. The van der Waals surface area contributed by atoms with Crippen LogP contribution in [0.3, 0.4) is 0 Å². The Morgan fingerprint density at radius 3 is 2.68 bits per heavy atom. The van der Waals surface area contributed by atoms with Crippen LogP contribution in [0, 0.1) is 30.0 Å². The average molecular weight is 466 g/mol. The zero-order valence-electron chi connectivity index (χ0n) is 20.1. The van der Waals surface area contributed by atoms with E-state index in [-0.39, 0.29) is 30.1 Å². The number of H-pyrrole nitrogens is 1. The van der Waals surface area contributed by atoms with Crippen LogP contribution in [-0.2, 0) is 27.8 Å². The molecule has 1 aliphatic carbocycles. The van der Waals surface area contributed by atoms with Gasteiger partial charge >= 0.3 is 5.97 Å². The van der Waals surface area contributed by atoms with Crippen molar-refractivity contribution in [2.45, 2.75) is 83.2 Å². The highest BCUT2D eigenvalue weighted by Crippen LogP contribution is 2.46. The fourth-order valence-corrected chi connectivity index (χ4v) is 5.37. The van der Waals surface area contributed by atoms with E-state index in [2.05, 4.69) is 16.0 Å². The number of aromatic nitrogens is 2. The number of nitrogens with one attached hydrogen (secondary N) is 1. The molecule has 1 fully saturated rings. The normalized spacial score (nSPS) is 21.6. The van der Waals surface area contributed by atoms with Crippen molar-refractivity contribution >= 4 is 5.97 Å². The summed E-state index contributed by atoms with van der Waals surface area (Å²) in [6.07, 6.45) is 7.13. The molecule has 34 heavy (non-hydrogen) atoms. The molecule has 0 saturated heterocycles. The number of ether oxygens (including phenoxy) is 1. The first kappa shape index (κ1) is 24.0. The molecule has 2 aromatic rings. The smallest absolute Gasteiger partial charge is 0.338 e. The summed E-state index contributed by atoms with van der Waals surface area (Å²) in [4.78, 5) is 20.3. The molecule has 4 rings (SSSR count). The van der Waals surface area contributed by atoms with Crippen LogP contribution in [0.4, 0.5) is 4.39 Å². The van der Waals surface area contributed by atoms with Gasteiger partial charge in [-0.25, -0.2) is 14.2 Å². The molecule has 0 radical (unpaired) electrons. The summed E-state index contributed by atoms with van der Waals surface area (Å²) in [7, 11) is 0. The number of rotatable bonds is 7. The van der Waals surface area contributed by atoms with Gasteiger partial charge in [0.25, 0.3) is 0 Å². The molecule has 0 spiro atoms. The van der Waals surface area contributed by atoms with E-state index in [1.54, 1.807) is 26.2 Å². The molecule has 2 aliphatic rings. The van der Waals surface area contributed by atoms with Crippen molar-refractivity contribution in [2.24, 2.45) is 5.92 Å². The largest absolute Gasteiger partial charge is 0.512 e. The van der Waals surface area contributed by atoms with Gasteiger partial charge < -0.3 is 14.8 Å². The number of nitriles is 1. The third-order valence-electron chi connectivity index (χ3n) is 7.57. The van der Waals surface area contributed by atoms with Crippen LogP contribution in [0.5, 0.6) is 0 Å². The van der Waals surface area contributed by atoms with E-state index in [0.29, 0.717) is 18.4 Å². The van der Waals surface area contributed by atoms with Gasteiger partial charge in [0.2, 0.25) is 0 Å². The van der Waals surface area contributed by atoms with Crippen molar-refractivity contribution < 1.29 is 19.0 Å². The highest BCUT2D eigenvalue weighted by molar-refractivity contribution is 5.90. The van der Waals surface area contributed by atoms with Crippen LogP contribution in [-0.4, -0.2) is 26.6 Å². The molecule has 6 nitrogen and oxygen atoms in total. The second kappa shape index (κ2) is 9.25. The Morgan fingerprint density at radius 1 is 1.35 bits per heavy atom. The van der Waals surface area contributed by atoms with E-state index in [1.165, 1.54) is 6.07 Å². The van der Waals surface area contributed by atoms with Gasteiger partial charge in [-0.15, -0.1) is 0 Å². The van der Waals surface area contributed by atoms with Crippen LogP contribution >= 0.6 is 0 Å². The van der Waals surface area contributed by atoms with Gasteiger partial charge in [-0.05, 0) is 64.0 Å². The molecule has 1 saturated carbocycles. The first-order chi connectivity index (χ1) is 16.1. The number of hydrogen-bond acceptors (Lipinski definition) is 5. The Morgan fingerprint density at radius 2 is 2.09 bits per heavy atom. The summed E-state index contributed by atoms with van der Waals surface area (Å²) in [6.45, 7) is 5.24. The lowest BCUT2D eigenvalue weighted by molar-refractivity contribution is -0.167. The summed E-state index contributed by atoms with van der Waals surface area (Å²) in [6, 6.07) is 7.13. The van der Waals surface area contributed by atoms with Gasteiger partial charge in [-0.1, -0.05) is 25.0 Å². The molecule has 1 aromatic heterocycles. The number of cyclic esters (lactones) is 1. The number of carbonyl (C=O) groups excluding carboxylic acids is 1. The minimum Gasteiger partial charge on any atom is -0.512 e. The molecule has 1 aliphatic heterocycles. The molecule has 7 heteroatoms. The van der Waals surface area contributed by atoms with E-state index >= 15 is 0 Å². The van der Waals surface area contributed by atoms with Crippen LogP contribution < -0.4 is 0 Å². The first-order valence-electron chi connectivity index (χ1n) is 12.0. The highest BCUT2D eigenvalue weighted by atomic mass is 19.1. The van der Waals surface area contributed by atoms with E-state index in [4.69, 9.17) is 4.74 Å². The topological polar surface area (TPSA) is 99.0 Å². The number of benzene rings is 1. The molecule has 2 heterocycles. The van der Waals surface area contributed by atoms with Crippen molar-refractivity contribution in [3.63, 3.8) is 0 Å². The fraction of sp³-hybridized carbons (Fsp3) is 0.519. The molecule has 2 N–H and O–H groups in total. The van der Waals surface area contributed by atoms with Crippen molar-refractivity contribution in [1.29, 1.82) is 5.26 Å². The fourth-order valence-electron chi connectivity index (χ4n) is 5.37. The second-order valence-electron chi connectivity index (χ2n) is 10.2. The molecule has 1 aromatic carbocycles. The van der Waals surface area contributed by atoms with E-state index in [0.717, 1.165) is 42.6 Å². The Kier molecular flexibility index (Phi) is 6.53. The Labute approximate surface area is 199 Å². The first-order valence-corrected chi connectivity index (χ1v) is 12.0. The van der Waals surface area contributed by atoms with Gasteiger partial charge in [0.1, 0.15) is 17.2 Å². The van der Waals surface area contributed by atoms with E-state index in [1.807, 2.05) is 13.0 Å². The SMILES string of the molecule is Cc1nc[nH]c1CC1=C(O)CC(CCc2ccc(C(C)(C)C#N)c(F)c2)(C2CCCC2)OC1=O. The zero-order chi connectivity index (χ0) is 24.5. The number of nitrogens with zero attached hydrogens (tertiary/aromatic N) is 2. The maximum absolute atomic E-state index is 14.8. The molecule has 0 amide bonds. The van der Waals surface area contributed by atoms with E-state index < -0.39 is 22.8 Å². The van der Waals surface area contributed by atoms with Crippen molar-refractivity contribution in [2.75, 3.05) is 0 Å². The summed E-state index contributed by atoms with van der Waals surface area (Å²) >= 11 is 0. The predicted octanol–water partition coefficient (Wildman–Crippen LogP) is 5.52. The van der Waals surface area contributed by atoms with Gasteiger partial charge in [-0.3, -0.25) is 0 Å². The van der Waals surface area contributed by atoms with Crippen molar-refractivity contribution in [3.8, 4) is 6.07 Å². The van der Waals surface area contributed by atoms with Crippen LogP contribution in [0.25, 0.3) is 0 Å². The molecular formula is C27H32FN3O3. The van der Waals surface area contributed by atoms with Gasteiger partial charge in [-0.2, -0.15) is 5.26 Å². The molecular weight excluding hydrogens is 433 g/mol. The lowest BCUT2D eigenvalue weighted by atomic mass is 9.76. The Hall–Kier alpha value is -3.14. The average Bonchev–Trinajstić information content (AvgIpc) is 3.47. The van der Waals surface area contributed by atoms with Gasteiger partial charge in [0.05, 0.1) is 29.1 Å². The molecule has 1 unspecified atom stereocenters. The minimum atomic E-state index is -0.910. The lowest BCUT2D eigenvalue weighted by Gasteiger charge is -2.42. The monoisotopic (exact) mass is 465 g/mol. The standard InChI is InChI=1S/C27H32FN3O3/c1-17-23(31-16-30-17)13-20-24(32)14-27(34-25(20)33,19-6-4-5-7-19)11-10-18-8-9-21(22(28)12-18)26(2,3)15-29/h8-9,12,16,19,32H,4-7,10-11,13-14H2,1-3H3,(H,30,31). The summed E-state index contributed by atoms with van der Waals surface area (Å²) < 4.78 is 20.9. The lowest BCUT2D eigenvalue weighted by Crippen LogP contribution is -2.46. The summed E-state index contributed by atoms with van der Waals surface area (Å²) in [5.74, 6) is -0.647. The highest BCUT2D eigenvalue weighted by Gasteiger charge is 2.48. The maximum Gasteiger partial charge on any atom is 0.338 e. The predicted molar refractivity (Wildman–Crippen MR) is 125 cm³/mol. The number of halogens is 1. The quantitative estimate of drug-likeness (QED) is 0.525. The molecule has 180 valence electrons. The molecule has 0 bridgehead atoms. The second-order valence-corrected chi connectivity index (χ2v) is 10.2. The van der Waals surface area contributed by atoms with E-state index in [9.17, 15) is 19.6 Å². The van der Waals surface area contributed by atoms with Gasteiger partial charge in [0.15, 0.2) is 0 Å². The number of carbonyl (C=O) groups is 1. The number of imidazole rings is 1. The number of hydrogen-bond donors (Lipinski definition) is 2. The van der Waals surface area contributed by atoms with Crippen LogP contribution in [0.15, 0.2) is 35.9 Å². The maximum atomic E-state index is 14.8. The van der Waals surface area contributed by atoms with Crippen LogP contribution in [0.1, 0.15) is 74.9 Å². The number of aromatic amines is 1. The number of aryl methyl sites for hydroxylation is 2.